The second-order valence-electron chi connectivity index (χ2n) is 11.5. The Hall–Kier alpha value is 0.234. The van der Waals surface area contributed by atoms with E-state index in [0.29, 0.717) is 24.3 Å². The molecule has 182 valence electrons. The molecule has 3 aliphatic rings. The zero-order valence-corrected chi connectivity index (χ0v) is 23.4. The molecule has 7 heteroatoms. The van der Waals surface area contributed by atoms with Crippen LogP contribution in [0, 0.1) is 11.3 Å². The molecule has 0 aromatic carbocycles. The Morgan fingerprint density at radius 1 is 0.935 bits per heavy atom. The first-order valence-corrected chi connectivity index (χ1v) is 16.7. The molecular formula is C24H48O5Si2. The minimum absolute atomic E-state index is 0.0113. The molecule has 1 heterocycles. The maximum atomic E-state index is 11.5. The molecule has 4 atom stereocenters. The lowest BCUT2D eigenvalue weighted by molar-refractivity contribution is -0.0717. The molecule has 0 bridgehead atoms. The summed E-state index contributed by atoms with van der Waals surface area (Å²) in [5.74, 6) is 0.187. The van der Waals surface area contributed by atoms with Crippen molar-refractivity contribution in [3.63, 3.8) is 0 Å². The van der Waals surface area contributed by atoms with Gasteiger partial charge in [-0.25, -0.2) is 0 Å². The van der Waals surface area contributed by atoms with Gasteiger partial charge >= 0.3 is 17.1 Å². The molecular weight excluding hydrogens is 424 g/mol. The Morgan fingerprint density at radius 3 is 1.94 bits per heavy atom. The Balaban J connectivity index is 2.03. The van der Waals surface area contributed by atoms with Crippen LogP contribution in [0.25, 0.3) is 0 Å². The van der Waals surface area contributed by atoms with Gasteiger partial charge in [-0.15, -0.1) is 0 Å². The Bertz CT molecular complexity index is 589. The Kier molecular flexibility index (Phi) is 7.90. The van der Waals surface area contributed by atoms with Gasteiger partial charge in [0, 0.05) is 24.5 Å². The molecule has 31 heavy (non-hydrogen) atoms. The molecule has 2 saturated carbocycles. The molecule has 3 rings (SSSR count). The number of aliphatic hydroxyl groups excluding tert-OH is 1. The molecule has 0 aromatic rings. The minimum atomic E-state index is -2.69. The van der Waals surface area contributed by atoms with E-state index in [1.54, 1.807) is 0 Å². The van der Waals surface area contributed by atoms with Gasteiger partial charge in [-0.3, -0.25) is 0 Å². The van der Waals surface area contributed by atoms with Gasteiger partial charge in [-0.2, -0.15) is 0 Å². The molecule has 1 aliphatic heterocycles. The fraction of sp³-hybridized carbons (Fsp3) is 1.00. The van der Waals surface area contributed by atoms with E-state index in [2.05, 4.69) is 62.3 Å². The van der Waals surface area contributed by atoms with Crippen molar-refractivity contribution in [1.82, 2.24) is 0 Å². The molecule has 5 nitrogen and oxygen atoms in total. The third-order valence-electron chi connectivity index (χ3n) is 8.32. The van der Waals surface area contributed by atoms with E-state index in [9.17, 15) is 5.11 Å². The highest BCUT2D eigenvalue weighted by atomic mass is 28.5. The van der Waals surface area contributed by atoms with Crippen LogP contribution < -0.4 is 0 Å². The second-order valence-corrected chi connectivity index (χ2v) is 20.4. The summed E-state index contributed by atoms with van der Waals surface area (Å²) < 4.78 is 27.7. The molecule has 1 saturated heterocycles. The van der Waals surface area contributed by atoms with Crippen LogP contribution in [0.1, 0.15) is 88.0 Å². The standard InChI is InChI=1S/C24H48O5Si2/c1-10-11-14-26-23-21(25)22-20(24(23)12-13-24)15-27-30(16(2)3,17(4)5)29-31(28-22,18(6)7)19(8)9/h16-23,25H,10-15H2,1-9H3/t20-,21?,22+,23?/m1/s1. The molecule has 3 fully saturated rings. The van der Waals surface area contributed by atoms with Crippen molar-refractivity contribution in [1.29, 1.82) is 0 Å². The van der Waals surface area contributed by atoms with Crippen LogP contribution >= 0.6 is 0 Å². The third kappa shape index (κ3) is 4.26. The number of ether oxygens (including phenoxy) is 1. The predicted octanol–water partition coefficient (Wildman–Crippen LogP) is 5.90. The highest BCUT2D eigenvalue weighted by Crippen LogP contribution is 2.64. The smallest absolute Gasteiger partial charge is 0.335 e. The van der Waals surface area contributed by atoms with Crippen molar-refractivity contribution in [3.8, 4) is 0 Å². The lowest BCUT2D eigenvalue weighted by atomic mass is 9.91. The van der Waals surface area contributed by atoms with E-state index in [1.807, 2.05) is 0 Å². The fourth-order valence-corrected chi connectivity index (χ4v) is 17.5. The molecule has 0 radical (unpaired) electrons. The van der Waals surface area contributed by atoms with Gasteiger partial charge < -0.3 is 22.8 Å². The molecule has 2 aliphatic carbocycles. The summed E-state index contributed by atoms with van der Waals surface area (Å²) in [5.41, 5.74) is 1.26. The Morgan fingerprint density at radius 2 is 1.48 bits per heavy atom. The van der Waals surface area contributed by atoms with Crippen molar-refractivity contribution in [2.45, 2.75) is 128 Å². The van der Waals surface area contributed by atoms with Crippen LogP contribution in [-0.4, -0.2) is 53.8 Å². The Labute approximate surface area is 193 Å². The molecule has 0 amide bonds. The topological polar surface area (TPSA) is 57.2 Å². The first kappa shape index (κ1) is 25.8. The van der Waals surface area contributed by atoms with E-state index < -0.39 is 23.2 Å². The van der Waals surface area contributed by atoms with Crippen molar-refractivity contribution in [3.05, 3.63) is 0 Å². The van der Waals surface area contributed by atoms with Gasteiger partial charge in [0.05, 0.1) is 12.2 Å². The number of rotatable bonds is 8. The maximum Gasteiger partial charge on any atom is 0.335 e. The first-order valence-electron chi connectivity index (χ1n) is 12.8. The largest absolute Gasteiger partial charge is 0.414 e. The summed E-state index contributed by atoms with van der Waals surface area (Å²) in [4.78, 5) is 0. The summed E-state index contributed by atoms with van der Waals surface area (Å²) in [7, 11) is -5.23. The van der Waals surface area contributed by atoms with Crippen LogP contribution in [-0.2, 0) is 17.7 Å². The summed E-state index contributed by atoms with van der Waals surface area (Å²) in [5, 5.41) is 11.5. The molecule has 0 aromatic heterocycles. The zero-order chi connectivity index (χ0) is 23.2. The molecule has 2 unspecified atom stereocenters. The summed E-state index contributed by atoms with van der Waals surface area (Å²) in [6, 6.07) is 0. The fourth-order valence-electron chi connectivity index (χ4n) is 6.27. The molecule has 1 N–H and O–H groups in total. The number of hydrogen-bond acceptors (Lipinski definition) is 5. The summed E-state index contributed by atoms with van der Waals surface area (Å²) in [6.07, 6.45) is 3.34. The highest BCUT2D eigenvalue weighted by molar-refractivity contribution is 6.83. The predicted molar refractivity (Wildman–Crippen MR) is 130 cm³/mol. The number of fused-ring (bicyclic) bond motifs is 2. The van der Waals surface area contributed by atoms with Crippen LogP contribution in [0.5, 0.6) is 0 Å². The van der Waals surface area contributed by atoms with E-state index in [4.69, 9.17) is 17.7 Å². The van der Waals surface area contributed by atoms with E-state index in [-0.39, 0.29) is 34.6 Å². The van der Waals surface area contributed by atoms with Crippen molar-refractivity contribution in [2.75, 3.05) is 13.2 Å². The normalized spacial score (nSPS) is 33.9. The van der Waals surface area contributed by atoms with Crippen LogP contribution in [0.4, 0.5) is 0 Å². The van der Waals surface area contributed by atoms with Gasteiger partial charge in [0.25, 0.3) is 0 Å². The van der Waals surface area contributed by atoms with E-state index in [0.717, 1.165) is 25.7 Å². The molecule has 1 spiro atoms. The first-order chi connectivity index (χ1) is 14.5. The second kappa shape index (κ2) is 9.47. The number of hydrogen-bond donors (Lipinski definition) is 1. The van der Waals surface area contributed by atoms with Crippen LogP contribution in [0.15, 0.2) is 0 Å². The lowest BCUT2D eigenvalue weighted by Gasteiger charge is -2.52. The van der Waals surface area contributed by atoms with Crippen molar-refractivity contribution in [2.24, 2.45) is 11.3 Å². The average Bonchev–Trinajstić information content (AvgIpc) is 3.42. The summed E-state index contributed by atoms with van der Waals surface area (Å²) >= 11 is 0. The van der Waals surface area contributed by atoms with Gasteiger partial charge in [-0.1, -0.05) is 68.7 Å². The minimum Gasteiger partial charge on any atom is -0.414 e. The van der Waals surface area contributed by atoms with Crippen molar-refractivity contribution >= 4 is 17.1 Å². The lowest BCUT2D eigenvalue weighted by Crippen LogP contribution is -2.65. The zero-order valence-electron chi connectivity index (χ0n) is 21.4. The monoisotopic (exact) mass is 472 g/mol. The van der Waals surface area contributed by atoms with Gasteiger partial charge in [0.15, 0.2) is 0 Å². The number of aliphatic hydroxyl groups is 1. The van der Waals surface area contributed by atoms with E-state index >= 15 is 0 Å². The van der Waals surface area contributed by atoms with E-state index in [1.165, 1.54) is 0 Å². The average molecular weight is 473 g/mol. The quantitative estimate of drug-likeness (QED) is 0.352. The van der Waals surface area contributed by atoms with Gasteiger partial charge in [0.1, 0.15) is 6.10 Å². The summed E-state index contributed by atoms with van der Waals surface area (Å²) in [6.45, 7) is 21.5. The SMILES string of the molecule is CCCCOC1C(O)[C@H]2O[Si](C(C)C)(C(C)C)O[Si](C(C)C)(C(C)C)OC[C@H]2C12CC2. The van der Waals surface area contributed by atoms with Crippen LogP contribution in [0.2, 0.25) is 22.2 Å². The highest BCUT2D eigenvalue weighted by Gasteiger charge is 2.70. The van der Waals surface area contributed by atoms with Gasteiger partial charge in [-0.05, 0) is 41.4 Å². The van der Waals surface area contributed by atoms with Crippen molar-refractivity contribution < 1.29 is 22.8 Å². The third-order valence-corrected chi connectivity index (χ3v) is 18.6. The van der Waals surface area contributed by atoms with Crippen LogP contribution in [0.3, 0.4) is 0 Å². The van der Waals surface area contributed by atoms with Gasteiger partial charge in [0.2, 0.25) is 0 Å². The maximum absolute atomic E-state index is 11.5. The number of unbranched alkanes of at least 4 members (excludes halogenated alkanes) is 1.